The average molecular weight is 640 g/mol. The SMILES string of the molecule is c1ccc(-c2ccc(-c3nc(-c4ccccc4)nc(-c4ccc5c(c4)-c4ccccc4OC54c5ccccc5-c5ccccc54)n3)cc2)cc1. The first kappa shape index (κ1) is 28.4. The summed E-state index contributed by atoms with van der Waals surface area (Å²) in [6, 6.07) is 61.1. The van der Waals surface area contributed by atoms with Gasteiger partial charge in [0.1, 0.15) is 5.75 Å². The minimum atomic E-state index is -0.782. The lowest BCUT2D eigenvalue weighted by molar-refractivity contribution is 0.157. The van der Waals surface area contributed by atoms with Crippen LogP contribution in [-0.4, -0.2) is 15.0 Å². The molecule has 0 radical (unpaired) electrons. The van der Waals surface area contributed by atoms with Gasteiger partial charge in [0.2, 0.25) is 0 Å². The molecule has 0 atom stereocenters. The standard InChI is InChI=1S/C46H29N3O/c1-3-13-30(14-4-1)31-23-25-33(26-24-31)44-47-43(32-15-5-2-6-16-32)48-45(49-44)34-27-28-41-38(29-34)37-19-9-12-22-42(37)50-46(41)39-20-10-7-17-35(39)36-18-8-11-21-40(36)46/h1-29H. The van der Waals surface area contributed by atoms with Crippen molar-refractivity contribution < 1.29 is 4.74 Å². The van der Waals surface area contributed by atoms with Gasteiger partial charge in [0.05, 0.1) is 0 Å². The molecule has 0 bridgehead atoms. The molecule has 0 saturated carbocycles. The van der Waals surface area contributed by atoms with Crippen LogP contribution in [-0.2, 0) is 5.60 Å². The summed E-state index contributed by atoms with van der Waals surface area (Å²) in [7, 11) is 0. The summed E-state index contributed by atoms with van der Waals surface area (Å²) in [6.45, 7) is 0. The number of aromatic nitrogens is 3. The van der Waals surface area contributed by atoms with E-state index in [4.69, 9.17) is 19.7 Å². The highest BCUT2D eigenvalue weighted by atomic mass is 16.5. The van der Waals surface area contributed by atoms with Gasteiger partial charge in [0, 0.05) is 38.9 Å². The molecule has 50 heavy (non-hydrogen) atoms. The Labute approximate surface area is 290 Å². The molecule has 10 rings (SSSR count). The number of fused-ring (bicyclic) bond motifs is 9. The van der Waals surface area contributed by atoms with Crippen molar-refractivity contribution in [2.24, 2.45) is 0 Å². The van der Waals surface area contributed by atoms with Crippen LogP contribution in [0, 0.1) is 0 Å². The summed E-state index contributed by atoms with van der Waals surface area (Å²) >= 11 is 0. The van der Waals surface area contributed by atoms with Crippen molar-refractivity contribution in [2.75, 3.05) is 0 Å². The van der Waals surface area contributed by atoms with Gasteiger partial charge in [-0.1, -0.05) is 164 Å². The number of para-hydroxylation sites is 1. The first-order valence-corrected chi connectivity index (χ1v) is 16.9. The largest absolute Gasteiger partial charge is 0.472 e. The molecule has 1 aliphatic carbocycles. The lowest BCUT2D eigenvalue weighted by Crippen LogP contribution is -2.36. The second-order valence-corrected chi connectivity index (χ2v) is 12.7. The van der Waals surface area contributed by atoms with E-state index in [0.717, 1.165) is 55.8 Å². The smallest absolute Gasteiger partial charge is 0.186 e. The number of hydrogen-bond acceptors (Lipinski definition) is 4. The molecule has 4 nitrogen and oxygen atoms in total. The van der Waals surface area contributed by atoms with Crippen molar-refractivity contribution in [1.82, 2.24) is 15.0 Å². The van der Waals surface area contributed by atoms with Crippen molar-refractivity contribution in [1.29, 1.82) is 0 Å². The molecule has 1 aliphatic heterocycles. The normalized spacial score (nSPS) is 13.1. The fourth-order valence-corrected chi connectivity index (χ4v) is 7.60. The van der Waals surface area contributed by atoms with Crippen LogP contribution in [0.5, 0.6) is 5.75 Å². The number of rotatable bonds is 4. The van der Waals surface area contributed by atoms with E-state index >= 15 is 0 Å². The van der Waals surface area contributed by atoms with E-state index in [-0.39, 0.29) is 0 Å². The first-order chi connectivity index (χ1) is 24.8. The van der Waals surface area contributed by atoms with Gasteiger partial charge in [0.25, 0.3) is 0 Å². The van der Waals surface area contributed by atoms with Gasteiger partial charge in [-0.3, -0.25) is 0 Å². The summed E-state index contributed by atoms with van der Waals surface area (Å²) in [4.78, 5) is 15.2. The zero-order valence-electron chi connectivity index (χ0n) is 27.0. The number of nitrogens with zero attached hydrogens (tertiary/aromatic N) is 3. The van der Waals surface area contributed by atoms with Crippen LogP contribution in [0.15, 0.2) is 176 Å². The molecule has 1 spiro atoms. The molecule has 0 unspecified atom stereocenters. The molecule has 2 heterocycles. The van der Waals surface area contributed by atoms with Crippen molar-refractivity contribution in [3.63, 3.8) is 0 Å². The van der Waals surface area contributed by atoms with Gasteiger partial charge in [0.15, 0.2) is 23.1 Å². The summed E-state index contributed by atoms with van der Waals surface area (Å²) in [5, 5.41) is 0. The average Bonchev–Trinajstić information content (AvgIpc) is 3.48. The summed E-state index contributed by atoms with van der Waals surface area (Å²) in [5.74, 6) is 2.73. The molecule has 0 fully saturated rings. The molecular formula is C46H29N3O. The predicted octanol–water partition coefficient (Wildman–Crippen LogP) is 10.9. The minimum Gasteiger partial charge on any atom is -0.472 e. The Morgan fingerprint density at radius 3 is 1.38 bits per heavy atom. The van der Waals surface area contributed by atoms with Crippen LogP contribution in [0.1, 0.15) is 16.7 Å². The second kappa shape index (κ2) is 11.2. The molecule has 1 aromatic heterocycles. The molecular weight excluding hydrogens is 611 g/mol. The van der Waals surface area contributed by atoms with Gasteiger partial charge in [-0.2, -0.15) is 0 Å². The Balaban J connectivity index is 1.16. The summed E-state index contributed by atoms with van der Waals surface area (Å²) in [6.07, 6.45) is 0. The molecule has 0 amide bonds. The highest BCUT2D eigenvalue weighted by molar-refractivity contribution is 5.89. The number of ether oxygens (including phenoxy) is 1. The Morgan fingerprint density at radius 2 is 0.740 bits per heavy atom. The molecule has 2 aliphatic rings. The minimum absolute atomic E-state index is 0.619. The Morgan fingerprint density at radius 1 is 0.320 bits per heavy atom. The Hall–Kier alpha value is -6.65. The van der Waals surface area contributed by atoms with E-state index in [1.54, 1.807) is 0 Å². The van der Waals surface area contributed by atoms with E-state index in [2.05, 4.69) is 133 Å². The lowest BCUT2D eigenvalue weighted by Gasteiger charge is -2.39. The van der Waals surface area contributed by atoms with E-state index < -0.39 is 5.60 Å². The fourth-order valence-electron chi connectivity index (χ4n) is 7.60. The third-order valence-electron chi connectivity index (χ3n) is 9.92. The number of benzene rings is 7. The van der Waals surface area contributed by atoms with Crippen LogP contribution >= 0.6 is 0 Å². The zero-order valence-corrected chi connectivity index (χ0v) is 27.0. The summed E-state index contributed by atoms with van der Waals surface area (Å²) in [5.41, 5.74) is 12.3. The van der Waals surface area contributed by atoms with Crippen molar-refractivity contribution >= 4 is 0 Å². The molecule has 7 aromatic carbocycles. The number of hydrogen-bond donors (Lipinski definition) is 0. The molecule has 8 aromatic rings. The highest BCUT2D eigenvalue weighted by Crippen LogP contribution is 2.58. The van der Waals surface area contributed by atoms with Gasteiger partial charge in [-0.25, -0.2) is 15.0 Å². The second-order valence-electron chi connectivity index (χ2n) is 12.7. The predicted molar refractivity (Wildman–Crippen MR) is 199 cm³/mol. The van der Waals surface area contributed by atoms with Crippen molar-refractivity contribution in [3.05, 3.63) is 193 Å². The maximum atomic E-state index is 7.16. The van der Waals surface area contributed by atoms with E-state index in [1.807, 2.05) is 42.5 Å². The highest BCUT2D eigenvalue weighted by Gasteiger charge is 2.50. The third-order valence-corrected chi connectivity index (χ3v) is 9.92. The van der Waals surface area contributed by atoms with Crippen LogP contribution in [0.25, 0.3) is 67.5 Å². The van der Waals surface area contributed by atoms with Crippen molar-refractivity contribution in [3.8, 4) is 73.3 Å². The van der Waals surface area contributed by atoms with Crippen LogP contribution in [0.4, 0.5) is 0 Å². The molecule has 0 saturated heterocycles. The zero-order chi connectivity index (χ0) is 33.1. The van der Waals surface area contributed by atoms with Gasteiger partial charge in [-0.15, -0.1) is 0 Å². The third kappa shape index (κ3) is 4.35. The molecule has 4 heteroatoms. The lowest BCUT2D eigenvalue weighted by atomic mass is 9.77. The van der Waals surface area contributed by atoms with Crippen LogP contribution < -0.4 is 4.74 Å². The fraction of sp³-hybridized carbons (Fsp3) is 0.0217. The van der Waals surface area contributed by atoms with Crippen molar-refractivity contribution in [2.45, 2.75) is 5.60 Å². The van der Waals surface area contributed by atoms with E-state index in [9.17, 15) is 0 Å². The van der Waals surface area contributed by atoms with Gasteiger partial charge >= 0.3 is 0 Å². The quantitative estimate of drug-likeness (QED) is 0.192. The van der Waals surface area contributed by atoms with Gasteiger partial charge < -0.3 is 4.74 Å². The Kier molecular flexibility index (Phi) is 6.36. The monoisotopic (exact) mass is 639 g/mol. The van der Waals surface area contributed by atoms with Crippen LogP contribution in [0.3, 0.4) is 0 Å². The maximum Gasteiger partial charge on any atom is 0.186 e. The molecule has 0 N–H and O–H groups in total. The maximum absolute atomic E-state index is 7.16. The van der Waals surface area contributed by atoms with E-state index in [0.29, 0.717) is 17.5 Å². The Bertz CT molecular complexity index is 2520. The topological polar surface area (TPSA) is 47.9 Å². The molecule has 234 valence electrons. The first-order valence-electron chi connectivity index (χ1n) is 16.9. The van der Waals surface area contributed by atoms with Crippen LogP contribution in [0.2, 0.25) is 0 Å². The van der Waals surface area contributed by atoms with Gasteiger partial charge in [-0.05, 0) is 39.9 Å². The van der Waals surface area contributed by atoms with E-state index in [1.165, 1.54) is 16.7 Å². The summed E-state index contributed by atoms with van der Waals surface area (Å²) < 4.78 is 7.16.